The topological polar surface area (TPSA) is 0 Å². The van der Waals surface area contributed by atoms with Gasteiger partial charge in [0.2, 0.25) is 0 Å². The standard InChI is InChI=1S/C19H26S/c1-19-10-3-4-18(19)16-8-6-13-5-7-14(20-2)12-17(13)15(16)9-11-19/h5,7,12,15-16,18H,3-4,6,8-11H2,1-2H3. The lowest BCUT2D eigenvalue weighted by Gasteiger charge is -2.49. The maximum atomic E-state index is 2.59. The highest BCUT2D eigenvalue weighted by Crippen LogP contribution is 2.60. The monoisotopic (exact) mass is 286 g/mol. The Morgan fingerprint density at radius 1 is 1.15 bits per heavy atom. The molecular weight excluding hydrogens is 260 g/mol. The zero-order valence-electron chi connectivity index (χ0n) is 12.8. The molecule has 108 valence electrons. The summed E-state index contributed by atoms with van der Waals surface area (Å²) in [6, 6.07) is 7.26. The Morgan fingerprint density at radius 3 is 2.90 bits per heavy atom. The van der Waals surface area contributed by atoms with E-state index in [0.29, 0.717) is 5.41 Å². The highest BCUT2D eigenvalue weighted by Gasteiger charge is 2.50. The van der Waals surface area contributed by atoms with E-state index in [1.807, 2.05) is 11.8 Å². The van der Waals surface area contributed by atoms with E-state index < -0.39 is 0 Å². The second kappa shape index (κ2) is 4.80. The van der Waals surface area contributed by atoms with Gasteiger partial charge in [-0.2, -0.15) is 0 Å². The molecular formula is C19H26S. The first-order chi connectivity index (χ1) is 9.71. The first kappa shape index (κ1) is 13.2. The van der Waals surface area contributed by atoms with Gasteiger partial charge in [-0.05, 0) is 91.2 Å². The van der Waals surface area contributed by atoms with Crippen LogP contribution in [0, 0.1) is 17.3 Å². The zero-order valence-corrected chi connectivity index (χ0v) is 13.6. The van der Waals surface area contributed by atoms with Crippen LogP contribution >= 0.6 is 11.8 Å². The van der Waals surface area contributed by atoms with Gasteiger partial charge in [-0.15, -0.1) is 11.8 Å². The molecule has 0 bridgehead atoms. The van der Waals surface area contributed by atoms with Gasteiger partial charge in [0.25, 0.3) is 0 Å². The maximum Gasteiger partial charge on any atom is 0.00721 e. The van der Waals surface area contributed by atoms with E-state index in [-0.39, 0.29) is 0 Å². The zero-order chi connectivity index (χ0) is 13.7. The summed E-state index contributed by atoms with van der Waals surface area (Å²) in [5.74, 6) is 2.88. The average Bonchev–Trinajstić information content (AvgIpc) is 2.88. The van der Waals surface area contributed by atoms with Gasteiger partial charge in [0.05, 0.1) is 0 Å². The number of hydrogen-bond donors (Lipinski definition) is 0. The number of thioether (sulfide) groups is 1. The van der Waals surface area contributed by atoms with Crippen molar-refractivity contribution in [3.8, 4) is 0 Å². The summed E-state index contributed by atoms with van der Waals surface area (Å²) < 4.78 is 0. The Bertz CT molecular complexity index is 520. The molecule has 1 heteroatoms. The van der Waals surface area contributed by atoms with E-state index in [2.05, 4.69) is 31.4 Å². The minimum Gasteiger partial charge on any atom is -0.130 e. The van der Waals surface area contributed by atoms with Crippen LogP contribution in [0.1, 0.15) is 62.5 Å². The molecule has 1 aromatic rings. The van der Waals surface area contributed by atoms with Crippen LogP contribution in [0.4, 0.5) is 0 Å². The van der Waals surface area contributed by atoms with Gasteiger partial charge in [-0.1, -0.05) is 19.4 Å². The number of fused-ring (bicyclic) bond motifs is 5. The molecule has 2 saturated carbocycles. The molecule has 0 aliphatic heterocycles. The molecule has 4 atom stereocenters. The van der Waals surface area contributed by atoms with Gasteiger partial charge in [-0.3, -0.25) is 0 Å². The van der Waals surface area contributed by atoms with E-state index >= 15 is 0 Å². The van der Waals surface area contributed by atoms with Crippen LogP contribution in [0.5, 0.6) is 0 Å². The van der Waals surface area contributed by atoms with Crippen LogP contribution < -0.4 is 0 Å². The van der Waals surface area contributed by atoms with Crippen LogP contribution in [-0.4, -0.2) is 6.26 Å². The minimum absolute atomic E-state index is 0.690. The second-order valence-corrected chi connectivity index (χ2v) is 8.44. The average molecular weight is 286 g/mol. The summed E-state index contributed by atoms with van der Waals surface area (Å²) in [6.07, 6.45) is 12.4. The molecule has 0 aromatic heterocycles. The Hall–Kier alpha value is -0.430. The van der Waals surface area contributed by atoms with Crippen molar-refractivity contribution in [2.45, 2.75) is 62.7 Å². The molecule has 0 nitrogen and oxygen atoms in total. The number of rotatable bonds is 1. The van der Waals surface area contributed by atoms with Gasteiger partial charge in [0, 0.05) is 4.90 Å². The molecule has 0 spiro atoms. The van der Waals surface area contributed by atoms with E-state index in [1.54, 1.807) is 11.1 Å². The van der Waals surface area contributed by atoms with Crippen molar-refractivity contribution in [1.82, 2.24) is 0 Å². The van der Waals surface area contributed by atoms with Gasteiger partial charge in [0.1, 0.15) is 0 Å². The minimum atomic E-state index is 0.690. The molecule has 2 fully saturated rings. The van der Waals surface area contributed by atoms with E-state index in [1.165, 1.54) is 49.8 Å². The van der Waals surface area contributed by atoms with Crippen molar-refractivity contribution in [3.05, 3.63) is 29.3 Å². The third kappa shape index (κ3) is 1.89. The predicted octanol–water partition coefficient (Wildman–Crippen LogP) is 5.65. The third-order valence-corrected chi connectivity index (χ3v) is 7.44. The molecule has 0 saturated heterocycles. The Labute approximate surface area is 127 Å². The van der Waals surface area contributed by atoms with Crippen molar-refractivity contribution in [2.24, 2.45) is 17.3 Å². The first-order valence-electron chi connectivity index (χ1n) is 8.38. The molecule has 0 N–H and O–H groups in total. The lowest BCUT2D eigenvalue weighted by molar-refractivity contribution is 0.0598. The van der Waals surface area contributed by atoms with Crippen LogP contribution in [0.3, 0.4) is 0 Å². The number of hydrogen-bond acceptors (Lipinski definition) is 1. The third-order valence-electron chi connectivity index (χ3n) is 6.72. The van der Waals surface area contributed by atoms with Crippen LogP contribution in [0.25, 0.3) is 0 Å². The Morgan fingerprint density at radius 2 is 2.05 bits per heavy atom. The lowest BCUT2D eigenvalue weighted by Crippen LogP contribution is -2.39. The van der Waals surface area contributed by atoms with Crippen LogP contribution in [0.2, 0.25) is 0 Å². The fourth-order valence-corrected chi connectivity index (χ4v) is 6.11. The highest BCUT2D eigenvalue weighted by molar-refractivity contribution is 7.98. The molecule has 0 amide bonds. The van der Waals surface area contributed by atoms with Gasteiger partial charge in [0.15, 0.2) is 0 Å². The summed E-state index contributed by atoms with van der Waals surface area (Å²) >= 11 is 1.90. The molecule has 1 aromatic carbocycles. The smallest absolute Gasteiger partial charge is 0.00721 e. The first-order valence-corrected chi connectivity index (χ1v) is 9.60. The molecule has 3 aliphatic carbocycles. The predicted molar refractivity (Wildman–Crippen MR) is 87.5 cm³/mol. The van der Waals surface area contributed by atoms with Crippen molar-refractivity contribution >= 4 is 11.8 Å². The molecule has 3 aliphatic rings. The van der Waals surface area contributed by atoms with Gasteiger partial charge >= 0.3 is 0 Å². The Kier molecular flexibility index (Phi) is 3.18. The molecule has 4 unspecified atom stereocenters. The molecule has 0 heterocycles. The van der Waals surface area contributed by atoms with E-state index in [4.69, 9.17) is 0 Å². The van der Waals surface area contributed by atoms with Crippen molar-refractivity contribution in [2.75, 3.05) is 6.26 Å². The highest BCUT2D eigenvalue weighted by atomic mass is 32.2. The molecule has 0 radical (unpaired) electrons. The molecule has 4 rings (SSSR count). The van der Waals surface area contributed by atoms with Crippen LogP contribution in [-0.2, 0) is 6.42 Å². The second-order valence-electron chi connectivity index (χ2n) is 7.57. The SMILES string of the molecule is CSc1ccc2c(c1)C1CCC3(C)CCCC3C1CC2. The summed E-state index contributed by atoms with van der Waals surface area (Å²) in [4.78, 5) is 1.46. The summed E-state index contributed by atoms with van der Waals surface area (Å²) in [6.45, 7) is 2.59. The van der Waals surface area contributed by atoms with Crippen molar-refractivity contribution in [1.29, 1.82) is 0 Å². The summed E-state index contributed by atoms with van der Waals surface area (Å²) in [5, 5.41) is 0. The quantitative estimate of drug-likeness (QED) is 0.601. The number of benzene rings is 1. The van der Waals surface area contributed by atoms with E-state index in [9.17, 15) is 0 Å². The fraction of sp³-hybridized carbons (Fsp3) is 0.684. The largest absolute Gasteiger partial charge is 0.130 e. The van der Waals surface area contributed by atoms with Gasteiger partial charge < -0.3 is 0 Å². The van der Waals surface area contributed by atoms with Crippen molar-refractivity contribution < 1.29 is 0 Å². The van der Waals surface area contributed by atoms with Crippen molar-refractivity contribution in [3.63, 3.8) is 0 Å². The Balaban J connectivity index is 1.72. The maximum absolute atomic E-state index is 2.59. The summed E-state index contributed by atoms with van der Waals surface area (Å²) in [5.41, 5.74) is 4.07. The lowest BCUT2D eigenvalue weighted by atomic mass is 9.56. The summed E-state index contributed by atoms with van der Waals surface area (Å²) in [7, 11) is 0. The number of aryl methyl sites for hydroxylation is 1. The van der Waals surface area contributed by atoms with Gasteiger partial charge in [-0.25, -0.2) is 0 Å². The van der Waals surface area contributed by atoms with E-state index in [0.717, 1.165) is 17.8 Å². The van der Waals surface area contributed by atoms with Crippen LogP contribution in [0.15, 0.2) is 23.1 Å². The molecule has 20 heavy (non-hydrogen) atoms. The fourth-order valence-electron chi connectivity index (χ4n) is 5.66. The normalized spacial score (nSPS) is 39.0.